The molecule has 0 radical (unpaired) electrons. The standard InChI is InChI=1S/C11H10ClNOS/c1-8(14)11(15-7-13)6-9-4-2-3-5-10(9)12/h2-5,11H,6H2,1H3. The van der Waals surface area contributed by atoms with E-state index in [2.05, 4.69) is 0 Å². The lowest BCUT2D eigenvalue weighted by molar-refractivity contribution is -0.116. The van der Waals surface area contributed by atoms with Gasteiger partial charge in [0.05, 0.1) is 5.25 Å². The molecular formula is C11H10ClNOS. The van der Waals surface area contributed by atoms with E-state index in [-0.39, 0.29) is 11.0 Å². The van der Waals surface area contributed by atoms with Gasteiger partial charge < -0.3 is 0 Å². The molecule has 1 aromatic rings. The summed E-state index contributed by atoms with van der Waals surface area (Å²) in [6.45, 7) is 1.49. The number of ketones is 1. The molecule has 78 valence electrons. The van der Waals surface area contributed by atoms with E-state index in [1.807, 2.05) is 23.6 Å². The van der Waals surface area contributed by atoms with E-state index in [4.69, 9.17) is 16.9 Å². The predicted octanol–water partition coefficient (Wildman–Crippen LogP) is 3.05. The Hall–Kier alpha value is -0.980. The zero-order chi connectivity index (χ0) is 11.3. The van der Waals surface area contributed by atoms with Gasteiger partial charge in [0, 0.05) is 5.02 Å². The van der Waals surface area contributed by atoms with E-state index < -0.39 is 0 Å². The third kappa shape index (κ3) is 3.58. The SMILES string of the molecule is CC(=O)C(Cc1ccccc1Cl)SC#N. The van der Waals surface area contributed by atoms with E-state index in [0.29, 0.717) is 11.4 Å². The molecular weight excluding hydrogens is 230 g/mol. The van der Waals surface area contributed by atoms with Gasteiger partial charge in [0.2, 0.25) is 0 Å². The number of rotatable bonds is 4. The van der Waals surface area contributed by atoms with Gasteiger partial charge in [-0.15, -0.1) is 0 Å². The molecule has 0 aliphatic carbocycles. The number of carbonyl (C=O) groups excluding carboxylic acids is 1. The average Bonchev–Trinajstić information content (AvgIpc) is 2.20. The first-order valence-electron chi connectivity index (χ1n) is 4.43. The molecule has 0 N–H and O–H groups in total. The maximum atomic E-state index is 11.2. The fourth-order valence-corrected chi connectivity index (χ4v) is 1.96. The molecule has 0 aromatic heterocycles. The zero-order valence-corrected chi connectivity index (χ0v) is 9.81. The van der Waals surface area contributed by atoms with Crippen molar-refractivity contribution in [3.8, 4) is 5.40 Å². The summed E-state index contributed by atoms with van der Waals surface area (Å²) in [7, 11) is 0. The number of hydrogen-bond acceptors (Lipinski definition) is 3. The van der Waals surface area contributed by atoms with Crippen molar-refractivity contribution in [2.24, 2.45) is 0 Å². The second-order valence-corrected chi connectivity index (χ2v) is 4.50. The van der Waals surface area contributed by atoms with Gasteiger partial charge in [-0.3, -0.25) is 4.79 Å². The van der Waals surface area contributed by atoms with Gasteiger partial charge in [-0.05, 0) is 36.7 Å². The molecule has 1 rings (SSSR count). The van der Waals surface area contributed by atoms with Crippen LogP contribution in [0.15, 0.2) is 24.3 Å². The van der Waals surface area contributed by atoms with Crippen LogP contribution >= 0.6 is 23.4 Å². The van der Waals surface area contributed by atoms with Crippen molar-refractivity contribution in [2.45, 2.75) is 18.6 Å². The average molecular weight is 240 g/mol. The molecule has 0 aliphatic rings. The first-order chi connectivity index (χ1) is 7.15. The van der Waals surface area contributed by atoms with E-state index >= 15 is 0 Å². The van der Waals surface area contributed by atoms with Crippen molar-refractivity contribution in [1.82, 2.24) is 0 Å². The Morgan fingerprint density at radius 2 is 2.27 bits per heavy atom. The van der Waals surface area contributed by atoms with Crippen molar-refractivity contribution in [1.29, 1.82) is 5.26 Å². The minimum Gasteiger partial charge on any atom is -0.299 e. The molecule has 0 heterocycles. The highest BCUT2D eigenvalue weighted by Gasteiger charge is 2.16. The third-order valence-electron chi connectivity index (χ3n) is 2.01. The lowest BCUT2D eigenvalue weighted by Gasteiger charge is -2.09. The molecule has 2 nitrogen and oxygen atoms in total. The van der Waals surface area contributed by atoms with Gasteiger partial charge in [0.15, 0.2) is 0 Å². The highest BCUT2D eigenvalue weighted by Crippen LogP contribution is 2.22. The van der Waals surface area contributed by atoms with Crippen LogP contribution in [0.1, 0.15) is 12.5 Å². The summed E-state index contributed by atoms with van der Waals surface area (Å²) in [6.07, 6.45) is 0.507. The van der Waals surface area contributed by atoms with Gasteiger partial charge in [-0.25, -0.2) is 0 Å². The van der Waals surface area contributed by atoms with Gasteiger partial charge in [0.25, 0.3) is 0 Å². The summed E-state index contributed by atoms with van der Waals surface area (Å²) in [5, 5.41) is 10.8. The van der Waals surface area contributed by atoms with Crippen LogP contribution in [0, 0.1) is 10.7 Å². The number of carbonyl (C=O) groups is 1. The molecule has 0 aliphatic heterocycles. The summed E-state index contributed by atoms with van der Waals surface area (Å²) in [4.78, 5) is 11.2. The number of halogens is 1. The van der Waals surface area contributed by atoms with Crippen LogP contribution in [0.4, 0.5) is 0 Å². The molecule has 15 heavy (non-hydrogen) atoms. The first kappa shape index (κ1) is 12.1. The molecule has 0 fully saturated rings. The van der Waals surface area contributed by atoms with Crippen LogP contribution in [0.3, 0.4) is 0 Å². The van der Waals surface area contributed by atoms with Crippen LogP contribution < -0.4 is 0 Å². The summed E-state index contributed by atoms with van der Waals surface area (Å²) < 4.78 is 0. The quantitative estimate of drug-likeness (QED) is 0.759. The molecule has 1 atom stereocenters. The molecule has 0 amide bonds. The van der Waals surface area contributed by atoms with Crippen LogP contribution in [-0.2, 0) is 11.2 Å². The highest BCUT2D eigenvalue weighted by atomic mass is 35.5. The van der Waals surface area contributed by atoms with Crippen molar-refractivity contribution >= 4 is 29.1 Å². The number of hydrogen-bond donors (Lipinski definition) is 0. The Morgan fingerprint density at radius 1 is 1.60 bits per heavy atom. The Bertz CT molecular complexity index is 400. The van der Waals surface area contributed by atoms with Gasteiger partial charge >= 0.3 is 0 Å². The Kier molecular flexibility index (Phi) is 4.67. The second-order valence-electron chi connectivity index (χ2n) is 3.10. The summed E-state index contributed by atoms with van der Waals surface area (Å²) in [6, 6.07) is 7.36. The Balaban J connectivity index is 2.79. The maximum Gasteiger partial charge on any atom is 0.144 e. The number of nitrogens with zero attached hydrogens (tertiary/aromatic N) is 1. The fourth-order valence-electron chi connectivity index (χ4n) is 1.20. The molecule has 0 spiro atoms. The number of nitriles is 1. The van der Waals surface area contributed by atoms with E-state index in [9.17, 15) is 4.79 Å². The van der Waals surface area contributed by atoms with Crippen LogP contribution in [0.5, 0.6) is 0 Å². The number of Topliss-reactive ketones (excluding diaryl/α,β-unsaturated/α-hetero) is 1. The Labute approximate surface area is 98.2 Å². The summed E-state index contributed by atoms with van der Waals surface area (Å²) >= 11 is 6.96. The highest BCUT2D eigenvalue weighted by molar-refractivity contribution is 8.04. The largest absolute Gasteiger partial charge is 0.299 e. The van der Waals surface area contributed by atoms with Crippen molar-refractivity contribution in [2.75, 3.05) is 0 Å². The zero-order valence-electron chi connectivity index (χ0n) is 8.24. The van der Waals surface area contributed by atoms with Gasteiger partial charge in [-0.1, -0.05) is 29.8 Å². The second kappa shape index (κ2) is 5.79. The normalized spacial score (nSPS) is 11.8. The van der Waals surface area contributed by atoms with Crippen LogP contribution in [0.25, 0.3) is 0 Å². The minimum atomic E-state index is -0.324. The van der Waals surface area contributed by atoms with Gasteiger partial charge in [0.1, 0.15) is 11.2 Å². The van der Waals surface area contributed by atoms with Crippen molar-refractivity contribution in [3.63, 3.8) is 0 Å². The fraction of sp³-hybridized carbons (Fsp3) is 0.273. The lowest BCUT2D eigenvalue weighted by Crippen LogP contribution is -2.16. The topological polar surface area (TPSA) is 40.9 Å². The molecule has 0 saturated heterocycles. The molecule has 1 unspecified atom stereocenters. The van der Waals surface area contributed by atoms with E-state index in [1.54, 1.807) is 6.07 Å². The lowest BCUT2D eigenvalue weighted by atomic mass is 10.1. The summed E-state index contributed by atoms with van der Waals surface area (Å²) in [5.41, 5.74) is 0.905. The monoisotopic (exact) mass is 239 g/mol. The number of benzene rings is 1. The Morgan fingerprint density at radius 3 is 2.80 bits per heavy atom. The molecule has 1 aromatic carbocycles. The molecule has 0 saturated carbocycles. The van der Waals surface area contributed by atoms with E-state index in [1.165, 1.54) is 6.92 Å². The van der Waals surface area contributed by atoms with Gasteiger partial charge in [-0.2, -0.15) is 5.26 Å². The van der Waals surface area contributed by atoms with E-state index in [0.717, 1.165) is 17.3 Å². The smallest absolute Gasteiger partial charge is 0.144 e. The molecule has 0 bridgehead atoms. The van der Waals surface area contributed by atoms with Crippen LogP contribution in [0.2, 0.25) is 5.02 Å². The number of thioether (sulfide) groups is 1. The summed E-state index contributed by atoms with van der Waals surface area (Å²) in [5.74, 6) is 0.00136. The van der Waals surface area contributed by atoms with Crippen molar-refractivity contribution in [3.05, 3.63) is 34.9 Å². The minimum absolute atomic E-state index is 0.00136. The molecule has 4 heteroatoms. The predicted molar refractivity (Wildman–Crippen MR) is 62.8 cm³/mol. The number of thiocyanates is 1. The third-order valence-corrected chi connectivity index (χ3v) is 3.27. The van der Waals surface area contributed by atoms with Crippen molar-refractivity contribution < 1.29 is 4.79 Å². The van der Waals surface area contributed by atoms with Crippen LogP contribution in [-0.4, -0.2) is 11.0 Å². The first-order valence-corrected chi connectivity index (χ1v) is 5.69. The maximum absolute atomic E-state index is 11.2.